The number of hydrogen-bond acceptors (Lipinski definition) is 5. The Kier molecular flexibility index (Phi) is 5.74. The summed E-state index contributed by atoms with van der Waals surface area (Å²) in [6, 6.07) is 16.8. The maximum absolute atomic E-state index is 10.9. The Morgan fingerprint density at radius 2 is 1.71 bits per heavy atom. The highest BCUT2D eigenvalue weighted by Gasteiger charge is 2.32. The smallest absolute Gasteiger partial charge is 0.309 e. The first kappa shape index (κ1) is 20.2. The lowest BCUT2D eigenvalue weighted by atomic mass is 9.99. The van der Waals surface area contributed by atoms with E-state index >= 15 is 0 Å². The number of aromatic nitrogens is 1. The number of aliphatic carboxylic acids is 1. The molecule has 1 N–H and O–H groups in total. The van der Waals surface area contributed by atoms with Crippen molar-refractivity contribution in [3.05, 3.63) is 60.3 Å². The third-order valence-electron chi connectivity index (χ3n) is 6.16. The van der Waals surface area contributed by atoms with Gasteiger partial charge in [-0.1, -0.05) is 24.3 Å². The standard InChI is InChI=1S/C25H26N2O3S/c28-25(29)20-15-27(16-20)14-17-5-7-19(8-6-17)24-26-13-23(31-24)18-9-11-22(12-10-18)30-21-3-1-2-4-21/h5-13,20-21H,1-4,14-16H2,(H,28,29). The number of thiazole rings is 1. The van der Waals surface area contributed by atoms with Crippen LogP contribution in [0.3, 0.4) is 0 Å². The molecule has 1 aromatic heterocycles. The minimum Gasteiger partial charge on any atom is -0.490 e. The minimum atomic E-state index is -0.692. The zero-order valence-electron chi connectivity index (χ0n) is 17.4. The molecule has 0 bridgehead atoms. The Morgan fingerprint density at radius 3 is 2.39 bits per heavy atom. The van der Waals surface area contributed by atoms with Crippen LogP contribution in [0.2, 0.25) is 0 Å². The van der Waals surface area contributed by atoms with E-state index < -0.39 is 5.97 Å². The highest BCUT2D eigenvalue weighted by molar-refractivity contribution is 7.18. The van der Waals surface area contributed by atoms with Crippen molar-refractivity contribution in [2.45, 2.75) is 38.3 Å². The number of carboxylic acid groups (broad SMARTS) is 1. The van der Waals surface area contributed by atoms with Crippen molar-refractivity contribution in [3.8, 4) is 26.8 Å². The molecule has 1 aliphatic heterocycles. The van der Waals surface area contributed by atoms with Crippen molar-refractivity contribution >= 4 is 17.3 Å². The van der Waals surface area contributed by atoms with Crippen LogP contribution in [-0.2, 0) is 11.3 Å². The summed E-state index contributed by atoms with van der Waals surface area (Å²) in [5.41, 5.74) is 3.46. The molecule has 1 aliphatic carbocycles. The Balaban J connectivity index is 1.20. The summed E-state index contributed by atoms with van der Waals surface area (Å²) in [7, 11) is 0. The molecule has 0 unspecified atom stereocenters. The van der Waals surface area contributed by atoms with Crippen LogP contribution in [-0.4, -0.2) is 40.2 Å². The number of likely N-dealkylation sites (tertiary alicyclic amines) is 1. The normalized spacial score (nSPS) is 17.5. The Morgan fingerprint density at radius 1 is 1.03 bits per heavy atom. The summed E-state index contributed by atoms with van der Waals surface area (Å²) >= 11 is 1.69. The van der Waals surface area contributed by atoms with Crippen LogP contribution in [0, 0.1) is 5.92 Å². The van der Waals surface area contributed by atoms with Crippen LogP contribution in [0.1, 0.15) is 31.2 Å². The van der Waals surface area contributed by atoms with Gasteiger partial charge >= 0.3 is 5.97 Å². The average Bonchev–Trinajstić information content (AvgIpc) is 3.43. The monoisotopic (exact) mass is 434 g/mol. The summed E-state index contributed by atoms with van der Waals surface area (Å²) in [5, 5.41) is 10.00. The molecule has 0 amide bonds. The van der Waals surface area contributed by atoms with Crippen LogP contribution >= 0.6 is 11.3 Å². The summed E-state index contributed by atoms with van der Waals surface area (Å²) < 4.78 is 6.06. The van der Waals surface area contributed by atoms with E-state index in [1.165, 1.54) is 31.2 Å². The summed E-state index contributed by atoms with van der Waals surface area (Å²) in [4.78, 5) is 18.9. The van der Waals surface area contributed by atoms with Gasteiger partial charge < -0.3 is 9.84 Å². The molecule has 0 radical (unpaired) electrons. The van der Waals surface area contributed by atoms with Gasteiger partial charge in [-0.3, -0.25) is 9.69 Å². The molecule has 2 heterocycles. The maximum atomic E-state index is 10.9. The zero-order chi connectivity index (χ0) is 21.2. The van der Waals surface area contributed by atoms with Crippen molar-refractivity contribution in [2.24, 2.45) is 5.92 Å². The third-order valence-corrected chi connectivity index (χ3v) is 7.26. The number of carbonyl (C=O) groups is 1. The fourth-order valence-electron chi connectivity index (χ4n) is 4.30. The van der Waals surface area contributed by atoms with Crippen LogP contribution in [0.15, 0.2) is 54.7 Å². The largest absolute Gasteiger partial charge is 0.490 e. The minimum absolute atomic E-state index is 0.212. The quantitative estimate of drug-likeness (QED) is 0.546. The van der Waals surface area contributed by atoms with Gasteiger partial charge in [-0.15, -0.1) is 11.3 Å². The molecule has 5 rings (SSSR count). The van der Waals surface area contributed by atoms with E-state index in [1.54, 1.807) is 11.3 Å². The molecule has 1 saturated heterocycles. The molecule has 3 aromatic rings. The number of carboxylic acids is 1. The molecule has 6 heteroatoms. The van der Waals surface area contributed by atoms with Crippen LogP contribution in [0.5, 0.6) is 5.75 Å². The van der Waals surface area contributed by atoms with E-state index in [-0.39, 0.29) is 5.92 Å². The first-order valence-corrected chi connectivity index (χ1v) is 11.7. The van der Waals surface area contributed by atoms with Gasteiger partial charge in [-0.2, -0.15) is 0 Å². The summed E-state index contributed by atoms with van der Waals surface area (Å²) in [6.45, 7) is 2.07. The second-order valence-electron chi connectivity index (χ2n) is 8.50. The van der Waals surface area contributed by atoms with Gasteiger partial charge in [0.15, 0.2) is 0 Å². The molecule has 0 spiro atoms. The number of nitrogens with zero attached hydrogens (tertiary/aromatic N) is 2. The first-order chi connectivity index (χ1) is 15.1. The molecule has 1 saturated carbocycles. The number of benzene rings is 2. The topological polar surface area (TPSA) is 62.7 Å². The molecule has 31 heavy (non-hydrogen) atoms. The highest BCUT2D eigenvalue weighted by Crippen LogP contribution is 2.34. The third kappa shape index (κ3) is 4.65. The van der Waals surface area contributed by atoms with Crippen molar-refractivity contribution < 1.29 is 14.6 Å². The lowest BCUT2D eigenvalue weighted by Crippen LogP contribution is -2.49. The Labute approximate surface area is 186 Å². The number of ether oxygens (including phenoxy) is 1. The first-order valence-electron chi connectivity index (χ1n) is 10.9. The molecule has 2 aromatic carbocycles. The van der Waals surface area contributed by atoms with E-state index in [2.05, 4.69) is 58.4 Å². The van der Waals surface area contributed by atoms with Crippen LogP contribution in [0.4, 0.5) is 0 Å². The molecule has 2 aliphatic rings. The van der Waals surface area contributed by atoms with Gasteiger partial charge in [0.2, 0.25) is 0 Å². The fourth-order valence-corrected chi connectivity index (χ4v) is 5.23. The van der Waals surface area contributed by atoms with E-state index in [1.807, 2.05) is 6.20 Å². The SMILES string of the molecule is O=C(O)C1CN(Cc2ccc(-c3ncc(-c4ccc(OC5CCCC5)cc4)s3)cc2)C1. The maximum Gasteiger partial charge on any atom is 0.309 e. The molecule has 0 atom stereocenters. The highest BCUT2D eigenvalue weighted by atomic mass is 32.1. The predicted molar refractivity (Wildman–Crippen MR) is 122 cm³/mol. The average molecular weight is 435 g/mol. The van der Waals surface area contributed by atoms with Crippen molar-refractivity contribution in [2.75, 3.05) is 13.1 Å². The van der Waals surface area contributed by atoms with Gasteiger partial charge in [-0.25, -0.2) is 4.98 Å². The summed E-state index contributed by atoms with van der Waals surface area (Å²) in [5.74, 6) is 0.0476. The fraction of sp³-hybridized carbons (Fsp3) is 0.360. The lowest BCUT2D eigenvalue weighted by molar-refractivity contribution is -0.147. The molecule has 5 nitrogen and oxygen atoms in total. The van der Waals surface area contributed by atoms with E-state index in [9.17, 15) is 4.79 Å². The second kappa shape index (κ2) is 8.81. The van der Waals surface area contributed by atoms with Gasteiger partial charge in [0.25, 0.3) is 0 Å². The van der Waals surface area contributed by atoms with Crippen molar-refractivity contribution in [1.82, 2.24) is 9.88 Å². The van der Waals surface area contributed by atoms with Gasteiger partial charge in [0.1, 0.15) is 10.8 Å². The Hall–Kier alpha value is -2.70. The number of rotatable bonds is 7. The van der Waals surface area contributed by atoms with E-state index in [4.69, 9.17) is 9.84 Å². The predicted octanol–water partition coefficient (Wildman–Crippen LogP) is 5.31. The van der Waals surface area contributed by atoms with Crippen molar-refractivity contribution in [3.63, 3.8) is 0 Å². The van der Waals surface area contributed by atoms with Crippen molar-refractivity contribution in [1.29, 1.82) is 0 Å². The Bertz CT molecular complexity index is 1030. The molecule has 2 fully saturated rings. The lowest BCUT2D eigenvalue weighted by Gasteiger charge is -2.36. The molecular weight excluding hydrogens is 408 g/mol. The zero-order valence-corrected chi connectivity index (χ0v) is 18.2. The van der Waals surface area contributed by atoms with Gasteiger partial charge in [-0.05, 0) is 61.1 Å². The second-order valence-corrected chi connectivity index (χ2v) is 9.54. The molecular formula is C25H26N2O3S. The van der Waals surface area contributed by atoms with E-state index in [0.29, 0.717) is 19.2 Å². The number of hydrogen-bond donors (Lipinski definition) is 1. The summed E-state index contributed by atoms with van der Waals surface area (Å²) in [6.07, 6.45) is 7.20. The van der Waals surface area contributed by atoms with Gasteiger partial charge in [0.05, 0.1) is 16.9 Å². The van der Waals surface area contributed by atoms with Gasteiger partial charge in [0, 0.05) is 31.4 Å². The van der Waals surface area contributed by atoms with Crippen LogP contribution in [0.25, 0.3) is 21.0 Å². The van der Waals surface area contributed by atoms with E-state index in [0.717, 1.165) is 33.3 Å². The van der Waals surface area contributed by atoms with Crippen LogP contribution < -0.4 is 4.74 Å². The molecule has 160 valence electrons.